The summed E-state index contributed by atoms with van der Waals surface area (Å²) in [7, 11) is -4.13. The van der Waals surface area contributed by atoms with Gasteiger partial charge >= 0.3 is 5.97 Å². The van der Waals surface area contributed by atoms with Crippen molar-refractivity contribution in [2.24, 2.45) is 0 Å². The molecule has 0 aliphatic heterocycles. The summed E-state index contributed by atoms with van der Waals surface area (Å²) in [6.07, 6.45) is 0.516. The number of unbranched alkanes of at least 4 members (excludes halogenated alkanes) is 1. The molecule has 0 spiro atoms. The van der Waals surface area contributed by atoms with Gasteiger partial charge in [0.05, 0.1) is 0 Å². The van der Waals surface area contributed by atoms with Crippen LogP contribution in [0.4, 0.5) is 8.78 Å². The quantitative estimate of drug-likeness (QED) is 0.746. The van der Waals surface area contributed by atoms with Gasteiger partial charge in [0.1, 0.15) is 16.5 Å². The van der Waals surface area contributed by atoms with Gasteiger partial charge in [-0.2, -0.15) is 0 Å². The normalized spacial score (nSPS) is 11.5. The lowest BCUT2D eigenvalue weighted by Gasteiger charge is -2.07. The van der Waals surface area contributed by atoms with Crippen LogP contribution in [0.1, 0.15) is 19.3 Å². The lowest BCUT2D eigenvalue weighted by molar-refractivity contribution is -0.137. The maximum absolute atomic E-state index is 13.3. The van der Waals surface area contributed by atoms with Gasteiger partial charge in [-0.25, -0.2) is 21.9 Å². The standard InChI is InChI=1S/C11H13F2NO4S/c12-8-4-5-9(13)10(7-8)19(17,18)14-6-2-1-3-11(15)16/h4-5,7,14H,1-3,6H2,(H,15,16). The molecule has 0 aliphatic rings. The summed E-state index contributed by atoms with van der Waals surface area (Å²) in [6.45, 7) is -0.0361. The highest BCUT2D eigenvalue weighted by Crippen LogP contribution is 2.15. The Bertz CT molecular complexity index is 560. The van der Waals surface area contributed by atoms with Crippen LogP contribution in [0, 0.1) is 11.6 Å². The monoisotopic (exact) mass is 293 g/mol. The molecule has 1 rings (SSSR count). The maximum Gasteiger partial charge on any atom is 0.303 e. The third kappa shape index (κ3) is 4.92. The first-order valence-electron chi connectivity index (χ1n) is 5.49. The van der Waals surface area contributed by atoms with Gasteiger partial charge in [0.15, 0.2) is 0 Å². The molecule has 1 aromatic carbocycles. The molecular weight excluding hydrogens is 280 g/mol. The van der Waals surface area contributed by atoms with E-state index in [9.17, 15) is 22.0 Å². The van der Waals surface area contributed by atoms with Crippen LogP contribution in [0.2, 0.25) is 0 Å². The van der Waals surface area contributed by atoms with Crippen LogP contribution in [0.25, 0.3) is 0 Å². The average Bonchev–Trinajstić information content (AvgIpc) is 2.31. The molecule has 0 bridgehead atoms. The predicted molar refractivity (Wildman–Crippen MR) is 63.0 cm³/mol. The highest BCUT2D eigenvalue weighted by Gasteiger charge is 2.19. The van der Waals surface area contributed by atoms with Gasteiger partial charge in [0.2, 0.25) is 10.0 Å². The first-order chi connectivity index (χ1) is 8.83. The van der Waals surface area contributed by atoms with E-state index in [2.05, 4.69) is 4.72 Å². The number of carbonyl (C=O) groups is 1. The number of hydrogen-bond acceptors (Lipinski definition) is 3. The van der Waals surface area contributed by atoms with E-state index >= 15 is 0 Å². The van der Waals surface area contributed by atoms with Gasteiger partial charge in [-0.15, -0.1) is 0 Å². The van der Waals surface area contributed by atoms with Gasteiger partial charge in [-0.1, -0.05) is 0 Å². The number of nitrogens with one attached hydrogen (secondary N) is 1. The molecule has 0 amide bonds. The number of aliphatic carboxylic acids is 1. The molecule has 0 aliphatic carbocycles. The Morgan fingerprint density at radius 1 is 1.26 bits per heavy atom. The molecule has 5 nitrogen and oxygen atoms in total. The second kappa shape index (κ2) is 6.58. The number of benzene rings is 1. The van der Waals surface area contributed by atoms with Crippen LogP contribution in [0.15, 0.2) is 23.1 Å². The fourth-order valence-corrected chi connectivity index (χ4v) is 2.53. The summed E-state index contributed by atoms with van der Waals surface area (Å²) in [5, 5.41) is 8.39. The van der Waals surface area contributed by atoms with Crippen LogP contribution >= 0.6 is 0 Å². The summed E-state index contributed by atoms with van der Waals surface area (Å²) >= 11 is 0. The van der Waals surface area contributed by atoms with Crippen molar-refractivity contribution in [3.8, 4) is 0 Å². The van der Waals surface area contributed by atoms with Crippen molar-refractivity contribution >= 4 is 16.0 Å². The zero-order valence-electron chi connectivity index (χ0n) is 9.90. The van der Waals surface area contributed by atoms with E-state index in [1.165, 1.54) is 0 Å². The van der Waals surface area contributed by atoms with Crippen molar-refractivity contribution in [1.82, 2.24) is 4.72 Å². The van der Waals surface area contributed by atoms with Crippen LogP contribution < -0.4 is 4.72 Å². The molecule has 0 atom stereocenters. The maximum atomic E-state index is 13.3. The largest absolute Gasteiger partial charge is 0.481 e. The lowest BCUT2D eigenvalue weighted by Crippen LogP contribution is -2.26. The van der Waals surface area contributed by atoms with Crippen LogP contribution in [0.5, 0.6) is 0 Å². The van der Waals surface area contributed by atoms with Gasteiger partial charge < -0.3 is 5.11 Å². The predicted octanol–water partition coefficient (Wildman–Crippen LogP) is 1.50. The molecule has 1 aromatic rings. The lowest BCUT2D eigenvalue weighted by atomic mass is 10.2. The highest BCUT2D eigenvalue weighted by atomic mass is 32.2. The van der Waals surface area contributed by atoms with Crippen LogP contribution in [-0.2, 0) is 14.8 Å². The SMILES string of the molecule is O=C(O)CCCCNS(=O)(=O)c1cc(F)ccc1F. The van der Waals surface area contributed by atoms with Gasteiger partial charge in [0, 0.05) is 13.0 Å². The minimum absolute atomic E-state index is 0.0361. The minimum atomic E-state index is -4.13. The van der Waals surface area contributed by atoms with Crippen molar-refractivity contribution in [2.75, 3.05) is 6.54 Å². The van der Waals surface area contributed by atoms with Gasteiger partial charge in [-0.05, 0) is 31.0 Å². The van der Waals surface area contributed by atoms with Gasteiger partial charge in [-0.3, -0.25) is 4.79 Å². The van der Waals surface area contributed by atoms with E-state index in [1.54, 1.807) is 0 Å². The van der Waals surface area contributed by atoms with E-state index in [4.69, 9.17) is 5.11 Å². The summed E-state index contributed by atoms with van der Waals surface area (Å²) in [4.78, 5) is 9.47. The summed E-state index contributed by atoms with van der Waals surface area (Å²) < 4.78 is 51.6. The number of carboxylic acid groups (broad SMARTS) is 1. The molecule has 0 fully saturated rings. The fraction of sp³-hybridized carbons (Fsp3) is 0.364. The van der Waals surface area contributed by atoms with Crippen LogP contribution in [-0.4, -0.2) is 26.0 Å². The van der Waals surface area contributed by atoms with E-state index in [1.807, 2.05) is 0 Å². The molecular formula is C11H13F2NO4S. The fourth-order valence-electron chi connectivity index (χ4n) is 1.37. The van der Waals surface area contributed by atoms with E-state index in [0.717, 1.165) is 12.1 Å². The second-order valence-electron chi connectivity index (χ2n) is 3.82. The number of sulfonamides is 1. The third-order valence-electron chi connectivity index (χ3n) is 2.29. The van der Waals surface area contributed by atoms with E-state index in [0.29, 0.717) is 18.9 Å². The molecule has 2 N–H and O–H groups in total. The second-order valence-corrected chi connectivity index (χ2v) is 5.56. The molecule has 0 unspecified atom stereocenters. The topological polar surface area (TPSA) is 83.5 Å². The number of halogens is 2. The number of carboxylic acids is 1. The molecule has 8 heteroatoms. The van der Waals surface area contributed by atoms with Crippen molar-refractivity contribution in [3.05, 3.63) is 29.8 Å². The Morgan fingerprint density at radius 2 is 1.95 bits per heavy atom. The summed E-state index contributed by atoms with van der Waals surface area (Å²) in [5.41, 5.74) is 0. The molecule has 0 heterocycles. The van der Waals surface area contributed by atoms with Crippen molar-refractivity contribution < 1.29 is 27.1 Å². The minimum Gasteiger partial charge on any atom is -0.481 e. The molecule has 0 saturated carbocycles. The molecule has 19 heavy (non-hydrogen) atoms. The number of rotatable bonds is 7. The zero-order valence-corrected chi connectivity index (χ0v) is 10.7. The third-order valence-corrected chi connectivity index (χ3v) is 3.77. The average molecular weight is 293 g/mol. The molecule has 0 saturated heterocycles. The Hall–Kier alpha value is -1.54. The number of hydrogen-bond donors (Lipinski definition) is 2. The van der Waals surface area contributed by atoms with E-state index in [-0.39, 0.29) is 13.0 Å². The molecule has 0 aromatic heterocycles. The van der Waals surface area contributed by atoms with E-state index < -0.39 is 32.5 Å². The smallest absolute Gasteiger partial charge is 0.303 e. The molecule has 0 radical (unpaired) electrons. The first kappa shape index (κ1) is 15.5. The zero-order chi connectivity index (χ0) is 14.5. The van der Waals surface area contributed by atoms with Crippen molar-refractivity contribution in [3.63, 3.8) is 0 Å². The Kier molecular flexibility index (Phi) is 5.37. The molecule has 106 valence electrons. The van der Waals surface area contributed by atoms with Gasteiger partial charge in [0.25, 0.3) is 0 Å². The first-order valence-corrected chi connectivity index (χ1v) is 6.98. The Labute approximate surface area is 109 Å². The van der Waals surface area contributed by atoms with Crippen molar-refractivity contribution in [1.29, 1.82) is 0 Å². The Balaban J connectivity index is 2.61. The summed E-state index contributed by atoms with van der Waals surface area (Å²) in [5.74, 6) is -2.87. The Morgan fingerprint density at radius 3 is 2.58 bits per heavy atom. The highest BCUT2D eigenvalue weighted by molar-refractivity contribution is 7.89. The van der Waals surface area contributed by atoms with Crippen molar-refractivity contribution in [2.45, 2.75) is 24.2 Å². The summed E-state index contributed by atoms with van der Waals surface area (Å²) in [6, 6.07) is 2.14. The van der Waals surface area contributed by atoms with Crippen LogP contribution in [0.3, 0.4) is 0 Å².